The largest absolute Gasteiger partial charge is 0.480 e. The van der Waals surface area contributed by atoms with E-state index in [0.717, 1.165) is 0 Å². The lowest BCUT2D eigenvalue weighted by molar-refractivity contribution is -0.142. The minimum Gasteiger partial charge on any atom is -0.480 e. The fraction of sp³-hybridized carbons (Fsp3) is 0.625. The van der Waals surface area contributed by atoms with Crippen LogP contribution in [0.1, 0.15) is 6.42 Å². The van der Waals surface area contributed by atoms with Gasteiger partial charge in [-0.05, 0) is 6.42 Å². The molecule has 0 rings (SSSR count). The number of carbonyl (C=O) groups is 3. The molecule has 0 aliphatic rings. The van der Waals surface area contributed by atoms with Gasteiger partial charge in [0.05, 0.1) is 13.2 Å². The van der Waals surface area contributed by atoms with Gasteiger partial charge < -0.3 is 32.3 Å². The van der Waals surface area contributed by atoms with Gasteiger partial charge in [-0.2, -0.15) is 0 Å². The van der Waals surface area contributed by atoms with Crippen LogP contribution in [0.15, 0.2) is 0 Å². The number of rotatable bonds is 7. The van der Waals surface area contributed by atoms with Crippen LogP contribution >= 0.6 is 0 Å². The Hall–Kier alpha value is -1.59. The van der Waals surface area contributed by atoms with Gasteiger partial charge in [-0.15, -0.1) is 0 Å². The van der Waals surface area contributed by atoms with Crippen molar-refractivity contribution in [3.05, 3.63) is 0 Å². The molecule has 2 atom stereocenters. The quantitative estimate of drug-likeness (QED) is 0.199. The van der Waals surface area contributed by atoms with Crippen LogP contribution < -0.4 is 23.1 Å². The fourth-order valence-electron chi connectivity index (χ4n) is 0.583. The molecule has 0 aliphatic heterocycles. The molecule has 0 aromatic carbocycles. The summed E-state index contributed by atoms with van der Waals surface area (Å²) >= 11 is 0. The summed E-state index contributed by atoms with van der Waals surface area (Å²) in [5.74, 6) is 1.59. The average Bonchev–Trinajstić information content (AvgIpc) is 2.34. The number of nitrogens with two attached hydrogens (primary N) is 4. The van der Waals surface area contributed by atoms with E-state index < -0.39 is 29.8 Å². The zero-order chi connectivity index (χ0) is 14.7. The highest BCUT2D eigenvalue weighted by Crippen LogP contribution is 1.86. The molecule has 0 heterocycles. The zero-order valence-electron chi connectivity index (χ0n) is 9.61. The third-order valence-corrected chi connectivity index (χ3v) is 1.68. The summed E-state index contributed by atoms with van der Waals surface area (Å²) in [7, 11) is 0. The molecule has 0 bridgehead atoms. The summed E-state index contributed by atoms with van der Waals surface area (Å²) in [4.78, 5) is 34.3. The maximum absolute atomic E-state index is 10.3. The molecule has 10 heteroatoms. The molecule has 0 aliphatic carbocycles. The lowest BCUT2D eigenvalue weighted by Crippen LogP contribution is -2.41. The third kappa shape index (κ3) is 9.62. The van der Waals surface area contributed by atoms with Crippen molar-refractivity contribution in [1.82, 2.24) is 0 Å². The monoisotopic (exact) mass is 266 g/mol. The molecule has 0 fully saturated rings. The van der Waals surface area contributed by atoms with E-state index in [9.17, 15) is 14.4 Å². The molecule has 0 radical (unpaired) electrons. The highest BCUT2D eigenvalue weighted by Gasteiger charge is 2.18. The van der Waals surface area contributed by atoms with Crippen molar-refractivity contribution in [1.29, 1.82) is 0 Å². The molecule has 0 amide bonds. The Labute approximate surface area is 103 Å². The van der Waals surface area contributed by atoms with Gasteiger partial charge in [-0.3, -0.25) is 14.4 Å². The SMILES string of the molecule is NCC(=O)C(N)C(=O)O.NOCC[C@H](N)C(=O)O. The number of hydrogen-bond acceptors (Lipinski definition) is 8. The Balaban J connectivity index is 0. The van der Waals surface area contributed by atoms with Gasteiger partial charge in [-0.1, -0.05) is 0 Å². The average molecular weight is 266 g/mol. The van der Waals surface area contributed by atoms with Crippen LogP contribution in [0, 0.1) is 0 Å². The molecule has 1 unspecified atom stereocenters. The first-order chi connectivity index (χ1) is 8.27. The summed E-state index contributed by atoms with van der Waals surface area (Å²) in [5.41, 5.74) is 14.7. The van der Waals surface area contributed by atoms with Crippen LogP contribution in [0.4, 0.5) is 0 Å². The van der Waals surface area contributed by atoms with E-state index in [1.165, 1.54) is 0 Å². The molecule has 0 saturated carbocycles. The summed E-state index contributed by atoms with van der Waals surface area (Å²) in [6, 6.07) is -2.33. The van der Waals surface area contributed by atoms with Crippen molar-refractivity contribution in [2.24, 2.45) is 23.1 Å². The Bertz CT molecular complexity index is 285. The molecule has 0 aromatic heterocycles. The first-order valence-electron chi connectivity index (χ1n) is 4.79. The summed E-state index contributed by atoms with van der Waals surface area (Å²) in [5, 5.41) is 16.3. The number of hydrogen-bond donors (Lipinski definition) is 6. The van der Waals surface area contributed by atoms with Crippen LogP contribution in [0.2, 0.25) is 0 Å². The van der Waals surface area contributed by atoms with Crippen LogP contribution in [0.3, 0.4) is 0 Å². The Kier molecular flexibility index (Phi) is 11.0. The summed E-state index contributed by atoms with van der Waals surface area (Å²) < 4.78 is 0. The van der Waals surface area contributed by atoms with Crippen LogP contribution in [-0.4, -0.2) is 53.2 Å². The standard InChI is InChI=1S/C4H8N2O3.C4H10N2O3/c5-1-2(7)3(6)4(8)9;5-3(4(7)8)1-2-9-6/h3H,1,5-6H2,(H,8,9);3H,1-2,5-6H2,(H,7,8)/t;3-/m.0/s1. The maximum atomic E-state index is 10.3. The number of ketones is 1. The van der Waals surface area contributed by atoms with E-state index in [1.54, 1.807) is 0 Å². The van der Waals surface area contributed by atoms with E-state index in [0.29, 0.717) is 0 Å². The lowest BCUT2D eigenvalue weighted by Gasteiger charge is -2.02. The molecule has 106 valence electrons. The minimum atomic E-state index is -1.46. The second-order valence-electron chi connectivity index (χ2n) is 3.09. The van der Waals surface area contributed by atoms with Crippen LogP contribution in [0.5, 0.6) is 0 Å². The Morgan fingerprint density at radius 3 is 1.83 bits per heavy atom. The molecular formula is C8H18N4O6. The zero-order valence-corrected chi connectivity index (χ0v) is 9.61. The summed E-state index contributed by atoms with van der Waals surface area (Å²) in [6.07, 6.45) is 0.242. The second kappa shape index (κ2) is 10.6. The van der Waals surface area contributed by atoms with Gasteiger partial charge in [0.1, 0.15) is 6.04 Å². The minimum absolute atomic E-state index is 0.174. The predicted octanol–water partition coefficient (Wildman–Crippen LogP) is -3.40. The lowest BCUT2D eigenvalue weighted by atomic mass is 10.2. The van der Waals surface area contributed by atoms with Crippen molar-refractivity contribution in [3.8, 4) is 0 Å². The van der Waals surface area contributed by atoms with E-state index in [-0.39, 0.29) is 19.6 Å². The highest BCUT2D eigenvalue weighted by atomic mass is 16.6. The van der Waals surface area contributed by atoms with Gasteiger partial charge in [0, 0.05) is 0 Å². The molecule has 0 aromatic rings. The number of carboxylic acid groups (broad SMARTS) is 2. The van der Waals surface area contributed by atoms with E-state index in [4.69, 9.17) is 27.4 Å². The number of carbonyl (C=O) groups excluding carboxylic acids is 1. The van der Waals surface area contributed by atoms with Crippen LogP contribution in [0.25, 0.3) is 0 Å². The fourth-order valence-corrected chi connectivity index (χ4v) is 0.583. The number of aliphatic carboxylic acids is 2. The van der Waals surface area contributed by atoms with Crippen molar-refractivity contribution in [3.63, 3.8) is 0 Å². The van der Waals surface area contributed by atoms with Crippen molar-refractivity contribution in [2.75, 3.05) is 13.2 Å². The maximum Gasteiger partial charge on any atom is 0.328 e. The van der Waals surface area contributed by atoms with Gasteiger partial charge in [0.15, 0.2) is 11.8 Å². The smallest absolute Gasteiger partial charge is 0.328 e. The molecule has 10 N–H and O–H groups in total. The van der Waals surface area contributed by atoms with Crippen molar-refractivity contribution >= 4 is 17.7 Å². The van der Waals surface area contributed by atoms with E-state index >= 15 is 0 Å². The van der Waals surface area contributed by atoms with Gasteiger partial charge >= 0.3 is 11.9 Å². The molecular weight excluding hydrogens is 248 g/mol. The van der Waals surface area contributed by atoms with Gasteiger partial charge in [0.2, 0.25) is 0 Å². The van der Waals surface area contributed by atoms with Crippen molar-refractivity contribution in [2.45, 2.75) is 18.5 Å². The molecule has 10 nitrogen and oxygen atoms in total. The first-order valence-corrected chi connectivity index (χ1v) is 4.79. The predicted molar refractivity (Wildman–Crippen MR) is 60.0 cm³/mol. The van der Waals surface area contributed by atoms with E-state index in [2.05, 4.69) is 10.7 Å². The number of Topliss-reactive ketones (excluding diaryl/α,β-unsaturated/α-hetero) is 1. The normalized spacial score (nSPS) is 12.9. The second-order valence-corrected chi connectivity index (χ2v) is 3.09. The number of carboxylic acids is 2. The topological polar surface area (TPSA) is 205 Å². The Morgan fingerprint density at radius 1 is 1.11 bits per heavy atom. The van der Waals surface area contributed by atoms with Crippen molar-refractivity contribution < 1.29 is 29.4 Å². The van der Waals surface area contributed by atoms with Gasteiger partial charge in [-0.25, -0.2) is 5.90 Å². The molecule has 0 saturated heterocycles. The van der Waals surface area contributed by atoms with E-state index in [1.807, 2.05) is 0 Å². The van der Waals surface area contributed by atoms with Crippen LogP contribution in [-0.2, 0) is 19.2 Å². The third-order valence-electron chi connectivity index (χ3n) is 1.68. The van der Waals surface area contributed by atoms with Gasteiger partial charge in [0.25, 0.3) is 0 Å². The first kappa shape index (κ1) is 18.8. The molecule has 0 spiro atoms. The summed E-state index contributed by atoms with van der Waals surface area (Å²) in [6.45, 7) is -0.152. The highest BCUT2D eigenvalue weighted by molar-refractivity contribution is 6.02. The molecule has 18 heavy (non-hydrogen) atoms. The Morgan fingerprint density at radius 2 is 1.61 bits per heavy atom.